The lowest BCUT2D eigenvalue weighted by molar-refractivity contribution is -0.148. The Kier molecular flexibility index (Phi) is 7.84. The van der Waals surface area contributed by atoms with Crippen molar-refractivity contribution in [3.05, 3.63) is 36.9 Å². The van der Waals surface area contributed by atoms with E-state index in [2.05, 4.69) is 32.8 Å². The number of rotatable bonds is 12. The van der Waals surface area contributed by atoms with Gasteiger partial charge in [0, 0.05) is 29.8 Å². The number of aliphatic hydroxyl groups is 1. The van der Waals surface area contributed by atoms with Crippen LogP contribution in [-0.4, -0.2) is 93.4 Å². The third-order valence-electron chi connectivity index (χ3n) is 8.00. The maximum absolute atomic E-state index is 14.4. The third kappa shape index (κ3) is 4.44. The average molecular weight is 607 g/mol. The zero-order valence-corrected chi connectivity index (χ0v) is 23.4. The Morgan fingerprint density at radius 1 is 1.26 bits per heavy atom. The lowest BCUT2D eigenvalue weighted by Crippen LogP contribution is -2.55. The number of para-hydroxylation sites is 1. The molecule has 3 saturated heterocycles. The molecule has 3 aliphatic heterocycles. The van der Waals surface area contributed by atoms with E-state index in [-0.39, 0.29) is 41.7 Å². The molecule has 3 unspecified atom stereocenters. The van der Waals surface area contributed by atoms with Gasteiger partial charge in [0.1, 0.15) is 18.2 Å². The second-order valence-corrected chi connectivity index (χ2v) is 13.0. The molecule has 2 aromatic rings. The first kappa shape index (κ1) is 27.1. The highest BCUT2D eigenvalue weighted by molar-refractivity contribution is 9.09. The van der Waals surface area contributed by atoms with Crippen LogP contribution in [0.5, 0.6) is 0 Å². The maximum atomic E-state index is 14.4. The van der Waals surface area contributed by atoms with Gasteiger partial charge in [0.05, 0.1) is 22.1 Å². The number of carbonyl (C=O) groups excluding carboxylic acids is 2. The minimum atomic E-state index is -0.986. The van der Waals surface area contributed by atoms with Crippen LogP contribution in [0.15, 0.2) is 36.9 Å². The fraction of sp³-hybridized carbons (Fsp3) is 0.577. The number of benzene rings is 1. The number of carboxylic acid groups (broad SMARTS) is 1. The van der Waals surface area contributed by atoms with E-state index in [0.29, 0.717) is 31.3 Å². The van der Waals surface area contributed by atoms with E-state index in [1.165, 1.54) is 11.8 Å². The lowest BCUT2D eigenvalue weighted by Gasteiger charge is -2.37. The number of unbranched alkanes of at least 4 members (excludes halogenated alkanes) is 3. The van der Waals surface area contributed by atoms with Crippen LogP contribution in [0.2, 0.25) is 0 Å². The molecule has 1 aromatic carbocycles. The monoisotopic (exact) mass is 605 g/mol. The molecule has 6 atom stereocenters. The van der Waals surface area contributed by atoms with Crippen molar-refractivity contribution in [3.63, 3.8) is 0 Å². The van der Waals surface area contributed by atoms with Crippen LogP contribution in [0.3, 0.4) is 0 Å². The van der Waals surface area contributed by atoms with Gasteiger partial charge in [-0.2, -0.15) is 0 Å². The highest BCUT2D eigenvalue weighted by Gasteiger charge is 2.75. The highest BCUT2D eigenvalue weighted by Crippen LogP contribution is 2.67. The number of aliphatic carboxylic acids is 1. The van der Waals surface area contributed by atoms with Crippen molar-refractivity contribution in [2.45, 2.75) is 59.6 Å². The van der Waals surface area contributed by atoms with E-state index in [4.69, 9.17) is 5.11 Å². The minimum absolute atomic E-state index is 0.0930. The summed E-state index contributed by atoms with van der Waals surface area (Å²) < 4.78 is 0.847. The quantitative estimate of drug-likeness (QED) is 0.214. The first-order chi connectivity index (χ1) is 18.3. The number of nitrogens with zero attached hydrogens (tertiary/aromatic N) is 5. The first-order valence-electron chi connectivity index (χ1n) is 13.0. The molecule has 0 radical (unpaired) electrons. The molecule has 10 nitrogen and oxygen atoms in total. The van der Waals surface area contributed by atoms with Gasteiger partial charge in [-0.3, -0.25) is 14.4 Å². The van der Waals surface area contributed by atoms with Gasteiger partial charge in [-0.15, -0.1) is 23.4 Å². The van der Waals surface area contributed by atoms with Crippen LogP contribution in [0.1, 0.15) is 32.1 Å². The van der Waals surface area contributed by atoms with Gasteiger partial charge >= 0.3 is 5.97 Å². The Labute approximate surface area is 233 Å². The number of likely N-dealkylation sites (tertiary alicyclic amines) is 1. The lowest BCUT2D eigenvalue weighted by atomic mass is 9.71. The van der Waals surface area contributed by atoms with E-state index >= 15 is 0 Å². The maximum Gasteiger partial charge on any atom is 0.308 e. The summed E-state index contributed by atoms with van der Waals surface area (Å²) in [5.41, 5.74) is 1.50. The Morgan fingerprint density at radius 2 is 2.03 bits per heavy atom. The van der Waals surface area contributed by atoms with Crippen molar-refractivity contribution in [1.82, 2.24) is 24.8 Å². The number of aromatic nitrogens is 3. The molecular formula is C26H32BrN5O5S. The number of hydrogen-bond acceptors (Lipinski definition) is 7. The number of thioether (sulfide) groups is 1. The number of amides is 2. The molecule has 1 aromatic heterocycles. The molecule has 2 N–H and O–H groups in total. The number of carbonyl (C=O) groups is 3. The summed E-state index contributed by atoms with van der Waals surface area (Å²) >= 11 is 5.18. The van der Waals surface area contributed by atoms with Crippen LogP contribution in [0, 0.1) is 11.8 Å². The highest BCUT2D eigenvalue weighted by atomic mass is 79.9. The zero-order valence-electron chi connectivity index (χ0n) is 21.0. The molecule has 3 aliphatic rings. The first-order valence-corrected chi connectivity index (χ1v) is 14.8. The number of fused-ring (bicyclic) bond motifs is 2. The largest absolute Gasteiger partial charge is 0.481 e. The van der Waals surface area contributed by atoms with Crippen LogP contribution in [0.4, 0.5) is 0 Å². The second-order valence-electron chi connectivity index (χ2n) is 10.2. The molecular weight excluding hydrogens is 574 g/mol. The fourth-order valence-corrected chi connectivity index (χ4v) is 10.0. The van der Waals surface area contributed by atoms with Crippen molar-refractivity contribution in [3.8, 4) is 0 Å². The van der Waals surface area contributed by atoms with Gasteiger partial charge in [0.15, 0.2) is 0 Å². The van der Waals surface area contributed by atoms with Gasteiger partial charge < -0.3 is 20.0 Å². The number of hydrogen-bond donors (Lipinski definition) is 2. The van der Waals surface area contributed by atoms with E-state index < -0.39 is 28.6 Å². The molecule has 2 bridgehead atoms. The smallest absolute Gasteiger partial charge is 0.308 e. The molecule has 3 fully saturated rings. The molecule has 12 heteroatoms. The normalized spacial score (nSPS) is 29.7. The van der Waals surface area contributed by atoms with Crippen molar-refractivity contribution in [2.24, 2.45) is 11.8 Å². The third-order valence-corrected chi connectivity index (χ3v) is 11.2. The van der Waals surface area contributed by atoms with E-state index in [9.17, 15) is 19.5 Å². The van der Waals surface area contributed by atoms with Gasteiger partial charge in [-0.1, -0.05) is 52.2 Å². The van der Waals surface area contributed by atoms with Crippen LogP contribution in [-0.2, 0) is 21.1 Å². The second kappa shape index (κ2) is 11.0. The van der Waals surface area contributed by atoms with Crippen molar-refractivity contribution in [2.75, 3.05) is 19.7 Å². The Balaban J connectivity index is 1.48. The van der Waals surface area contributed by atoms with Crippen LogP contribution < -0.4 is 0 Å². The molecule has 5 rings (SSSR count). The summed E-state index contributed by atoms with van der Waals surface area (Å²) in [4.78, 5) is 43.8. The van der Waals surface area contributed by atoms with Crippen LogP contribution in [0.25, 0.3) is 11.0 Å². The standard InChI is InChI=1S/C26H32BrN5O5S/c1-2-11-30(15-32-18-10-6-5-9-17(18)28-29-32)24(35)22-26-14-16(27)21(38-26)19(25(36)37)20(26)23(34)31(22)12-7-3-4-8-13-33/h2,5-6,9-10,16,19-22,33H,1,3-4,7-8,11-15H2,(H,36,37)/t16?,19-,20-,21-,22?,26?/m0/s1. The molecule has 204 valence electrons. The van der Waals surface area contributed by atoms with Gasteiger partial charge in [0.25, 0.3) is 0 Å². The minimum Gasteiger partial charge on any atom is -0.481 e. The molecule has 4 heterocycles. The fourth-order valence-electron chi connectivity index (χ4n) is 6.41. The predicted octanol–water partition coefficient (Wildman–Crippen LogP) is 2.51. The van der Waals surface area contributed by atoms with Crippen molar-refractivity contribution >= 4 is 56.5 Å². The molecule has 38 heavy (non-hydrogen) atoms. The van der Waals surface area contributed by atoms with Gasteiger partial charge in [-0.05, 0) is 31.4 Å². The summed E-state index contributed by atoms with van der Waals surface area (Å²) in [7, 11) is 0. The van der Waals surface area contributed by atoms with E-state index in [0.717, 1.165) is 18.4 Å². The number of alkyl halides is 1. The summed E-state index contributed by atoms with van der Waals surface area (Å²) in [6, 6.07) is 6.72. The molecule has 0 aliphatic carbocycles. The molecule has 1 spiro atoms. The van der Waals surface area contributed by atoms with Crippen molar-refractivity contribution in [1.29, 1.82) is 0 Å². The average Bonchev–Trinajstić information content (AvgIpc) is 3.61. The summed E-state index contributed by atoms with van der Waals surface area (Å²) in [5, 5.41) is 27.4. The van der Waals surface area contributed by atoms with E-state index in [1.807, 2.05) is 24.3 Å². The predicted molar refractivity (Wildman–Crippen MR) is 147 cm³/mol. The van der Waals surface area contributed by atoms with Gasteiger partial charge in [-0.25, -0.2) is 4.68 Å². The van der Waals surface area contributed by atoms with Gasteiger partial charge in [0.2, 0.25) is 11.8 Å². The summed E-state index contributed by atoms with van der Waals surface area (Å²) in [5.74, 6) is -3.04. The zero-order chi connectivity index (χ0) is 27.0. The number of halogens is 1. The Morgan fingerprint density at radius 3 is 2.76 bits per heavy atom. The topological polar surface area (TPSA) is 129 Å². The van der Waals surface area contributed by atoms with Crippen LogP contribution >= 0.6 is 27.7 Å². The Bertz CT molecular complexity index is 1240. The summed E-state index contributed by atoms with van der Waals surface area (Å²) in [6.45, 7) is 4.71. The van der Waals surface area contributed by atoms with E-state index in [1.54, 1.807) is 20.6 Å². The number of aliphatic hydroxyl groups excluding tert-OH is 1. The molecule has 0 saturated carbocycles. The molecule has 2 amide bonds. The Hall–Kier alpha value is -2.44. The number of carboxylic acids is 1. The summed E-state index contributed by atoms with van der Waals surface area (Å²) in [6.07, 6.45) is 5.20. The SMILES string of the molecule is C=CCN(Cn1nnc2ccccc21)C(=O)C1N(CCCCCCO)C(=O)[C@@H]2[C@H](C(=O)O)[C@H]3SC12CC3Br. The van der Waals surface area contributed by atoms with Crippen molar-refractivity contribution < 1.29 is 24.6 Å².